The molecule has 0 radical (unpaired) electrons. The highest BCUT2D eigenvalue weighted by Crippen LogP contribution is 2.67. The second-order valence-corrected chi connectivity index (χ2v) is 7.82. The minimum atomic E-state index is -4.95. The van der Waals surface area contributed by atoms with Crippen molar-refractivity contribution in [3.05, 3.63) is 34.5 Å². The molecule has 0 aliphatic carbocycles. The average Bonchev–Trinajstić information content (AvgIpc) is 2.89. The Morgan fingerprint density at radius 1 is 1.25 bits per heavy atom. The zero-order chi connectivity index (χ0) is 18.1. The molecule has 0 unspecified atom stereocenters. The van der Waals surface area contributed by atoms with Gasteiger partial charge in [-0.25, -0.2) is 9.18 Å². The summed E-state index contributed by atoms with van der Waals surface area (Å²) in [5, 5.41) is 9.04. The van der Waals surface area contributed by atoms with Gasteiger partial charge < -0.3 is 14.2 Å². The first-order chi connectivity index (χ1) is 11.2. The quantitative estimate of drug-likeness (QED) is 0.678. The summed E-state index contributed by atoms with van der Waals surface area (Å²) in [6, 6.07) is 2.71. The molecule has 0 saturated heterocycles. The first-order valence-electron chi connectivity index (χ1n) is 6.90. The second kappa shape index (κ2) is 6.84. The summed E-state index contributed by atoms with van der Waals surface area (Å²) >= 11 is 0.751. The standard InChI is InChI=1S/C14H14F3O5PS/c1-3-21-23(20,22-4-2)14(16,17)9-5-8-6-12(13(18)19)24-11(8)7-10(9)15/h5-7H,3-4H2,1-2H3,(H,18,19). The van der Waals surface area contributed by atoms with Crippen molar-refractivity contribution in [2.24, 2.45) is 0 Å². The molecule has 0 saturated carbocycles. The molecule has 0 aliphatic rings. The highest BCUT2D eigenvalue weighted by atomic mass is 32.1. The van der Waals surface area contributed by atoms with Crippen molar-refractivity contribution >= 4 is 35.0 Å². The van der Waals surface area contributed by atoms with E-state index in [-0.39, 0.29) is 28.2 Å². The Bertz CT molecular complexity index is 810. The molecule has 5 nitrogen and oxygen atoms in total. The Hall–Kier alpha value is -1.41. The van der Waals surface area contributed by atoms with E-state index in [0.29, 0.717) is 0 Å². The third-order valence-corrected chi connectivity index (χ3v) is 6.29. The van der Waals surface area contributed by atoms with Crippen LogP contribution in [-0.4, -0.2) is 24.3 Å². The first kappa shape index (κ1) is 18.9. The van der Waals surface area contributed by atoms with E-state index in [4.69, 9.17) is 5.11 Å². The number of halogens is 3. The van der Waals surface area contributed by atoms with Gasteiger partial charge in [0.25, 0.3) is 0 Å². The Morgan fingerprint density at radius 3 is 2.33 bits per heavy atom. The van der Waals surface area contributed by atoms with Crippen LogP contribution in [0.15, 0.2) is 18.2 Å². The smallest absolute Gasteiger partial charge is 0.404 e. The van der Waals surface area contributed by atoms with E-state index in [2.05, 4.69) is 9.05 Å². The zero-order valence-corrected chi connectivity index (χ0v) is 14.4. The number of carboxylic acids is 1. The van der Waals surface area contributed by atoms with Gasteiger partial charge in [-0.2, -0.15) is 8.78 Å². The largest absolute Gasteiger partial charge is 0.477 e. The molecule has 0 amide bonds. The lowest BCUT2D eigenvalue weighted by molar-refractivity contribution is 0.0331. The predicted octanol–water partition coefficient (Wildman–Crippen LogP) is 5.05. The van der Waals surface area contributed by atoms with Crippen LogP contribution in [0.3, 0.4) is 0 Å². The van der Waals surface area contributed by atoms with Crippen molar-refractivity contribution in [2.75, 3.05) is 13.2 Å². The van der Waals surface area contributed by atoms with Crippen LogP contribution in [0.2, 0.25) is 0 Å². The first-order valence-corrected chi connectivity index (χ1v) is 9.26. The van der Waals surface area contributed by atoms with Gasteiger partial charge in [-0.3, -0.25) is 4.57 Å². The van der Waals surface area contributed by atoms with Gasteiger partial charge >= 0.3 is 19.2 Å². The number of hydrogen-bond acceptors (Lipinski definition) is 5. The number of hydrogen-bond donors (Lipinski definition) is 1. The van der Waals surface area contributed by atoms with Crippen molar-refractivity contribution in [3.63, 3.8) is 0 Å². The second-order valence-electron chi connectivity index (χ2n) is 4.66. The minimum Gasteiger partial charge on any atom is -0.477 e. The summed E-state index contributed by atoms with van der Waals surface area (Å²) in [6.45, 7) is 2.11. The fourth-order valence-electron chi connectivity index (χ4n) is 2.08. The molecule has 132 valence electrons. The number of carbonyl (C=O) groups is 1. The van der Waals surface area contributed by atoms with Crippen LogP contribution in [0.1, 0.15) is 29.1 Å². The molecular formula is C14H14F3O5PS. The molecule has 0 aliphatic heterocycles. The molecule has 1 aromatic heterocycles. The summed E-state index contributed by atoms with van der Waals surface area (Å²) < 4.78 is 65.3. The number of carboxylic acid groups (broad SMARTS) is 1. The van der Waals surface area contributed by atoms with Gasteiger partial charge in [0.2, 0.25) is 0 Å². The van der Waals surface area contributed by atoms with Crippen LogP contribution < -0.4 is 0 Å². The van der Waals surface area contributed by atoms with Gasteiger partial charge in [-0.1, -0.05) is 0 Å². The number of alkyl halides is 2. The molecule has 1 N–H and O–H groups in total. The van der Waals surface area contributed by atoms with E-state index in [1.807, 2.05) is 0 Å². The van der Waals surface area contributed by atoms with Crippen LogP contribution >= 0.6 is 18.9 Å². The SMILES string of the molecule is CCOP(=O)(OCC)C(F)(F)c1cc2cc(C(=O)O)sc2cc1F. The molecule has 1 aromatic carbocycles. The van der Waals surface area contributed by atoms with Gasteiger partial charge in [-0.05, 0) is 37.4 Å². The van der Waals surface area contributed by atoms with E-state index in [1.54, 1.807) is 0 Å². The van der Waals surface area contributed by atoms with E-state index in [1.165, 1.54) is 13.8 Å². The fourth-order valence-corrected chi connectivity index (χ4v) is 4.54. The van der Waals surface area contributed by atoms with Crippen LogP contribution in [0, 0.1) is 5.82 Å². The lowest BCUT2D eigenvalue weighted by Crippen LogP contribution is -2.19. The van der Waals surface area contributed by atoms with E-state index in [0.717, 1.165) is 29.5 Å². The third kappa shape index (κ3) is 3.21. The molecule has 2 rings (SSSR count). The number of fused-ring (bicyclic) bond motifs is 1. The highest BCUT2D eigenvalue weighted by Gasteiger charge is 2.56. The minimum absolute atomic E-state index is 0.105. The van der Waals surface area contributed by atoms with E-state index < -0.39 is 30.6 Å². The van der Waals surface area contributed by atoms with Crippen molar-refractivity contribution in [1.82, 2.24) is 0 Å². The summed E-state index contributed by atoms with van der Waals surface area (Å²) in [7, 11) is -4.95. The summed E-state index contributed by atoms with van der Waals surface area (Å²) in [6.07, 6.45) is 0. The van der Waals surface area contributed by atoms with Gasteiger partial charge in [0.1, 0.15) is 10.7 Å². The van der Waals surface area contributed by atoms with Gasteiger partial charge in [-0.15, -0.1) is 11.3 Å². The molecule has 0 fully saturated rings. The summed E-state index contributed by atoms with van der Waals surface area (Å²) in [5.41, 5.74) is -5.38. The maximum absolute atomic E-state index is 14.7. The normalized spacial score (nSPS) is 12.7. The lowest BCUT2D eigenvalue weighted by atomic mass is 10.1. The van der Waals surface area contributed by atoms with Crippen LogP contribution in [-0.2, 0) is 19.3 Å². The fraction of sp³-hybridized carbons (Fsp3) is 0.357. The zero-order valence-electron chi connectivity index (χ0n) is 12.7. The molecule has 24 heavy (non-hydrogen) atoms. The van der Waals surface area contributed by atoms with Crippen molar-refractivity contribution in [3.8, 4) is 0 Å². The lowest BCUT2D eigenvalue weighted by Gasteiger charge is -2.26. The van der Waals surface area contributed by atoms with Gasteiger partial charge in [0.05, 0.1) is 18.8 Å². The van der Waals surface area contributed by atoms with Gasteiger partial charge in [0.15, 0.2) is 0 Å². The molecule has 0 bridgehead atoms. The number of rotatable bonds is 7. The Labute approximate surface area is 139 Å². The van der Waals surface area contributed by atoms with Crippen LogP contribution in [0.4, 0.5) is 13.2 Å². The van der Waals surface area contributed by atoms with Crippen LogP contribution in [0.25, 0.3) is 10.1 Å². The average molecular weight is 382 g/mol. The van der Waals surface area contributed by atoms with Crippen molar-refractivity contribution < 1.29 is 36.7 Å². The van der Waals surface area contributed by atoms with Crippen LogP contribution in [0.5, 0.6) is 0 Å². The van der Waals surface area contributed by atoms with Crippen molar-refractivity contribution in [1.29, 1.82) is 0 Å². The highest BCUT2D eigenvalue weighted by molar-refractivity contribution is 7.54. The number of aromatic carboxylic acids is 1. The number of thiophene rings is 1. The molecule has 1 heterocycles. The Morgan fingerprint density at radius 2 is 1.83 bits per heavy atom. The molecule has 10 heteroatoms. The van der Waals surface area contributed by atoms with Gasteiger partial charge in [0, 0.05) is 4.70 Å². The third-order valence-electron chi connectivity index (χ3n) is 3.08. The monoisotopic (exact) mass is 382 g/mol. The predicted molar refractivity (Wildman–Crippen MR) is 83.5 cm³/mol. The number of benzene rings is 1. The summed E-state index contributed by atoms with van der Waals surface area (Å²) in [4.78, 5) is 10.8. The topological polar surface area (TPSA) is 72.8 Å². The Kier molecular flexibility index (Phi) is 5.39. The maximum Gasteiger partial charge on any atom is 0.404 e. The molecule has 0 atom stereocenters. The van der Waals surface area contributed by atoms with Crippen molar-refractivity contribution in [2.45, 2.75) is 19.5 Å². The molecule has 2 aromatic rings. The Balaban J connectivity index is 2.62. The van der Waals surface area contributed by atoms with E-state index >= 15 is 0 Å². The molecule has 0 spiro atoms. The molecular weight excluding hydrogens is 368 g/mol. The maximum atomic E-state index is 14.7. The van der Waals surface area contributed by atoms with E-state index in [9.17, 15) is 22.5 Å². The summed E-state index contributed by atoms with van der Waals surface area (Å²) in [5.74, 6) is -2.56.